The number of hydrogen-bond acceptors (Lipinski definition) is 3. The Bertz CT molecular complexity index is 736. The molecule has 0 amide bonds. The van der Waals surface area contributed by atoms with Crippen LogP contribution in [0.4, 0.5) is 11.4 Å². The summed E-state index contributed by atoms with van der Waals surface area (Å²) in [6.07, 6.45) is 2.22. The van der Waals surface area contributed by atoms with Crippen molar-refractivity contribution in [3.05, 3.63) is 60.2 Å². The number of anilines is 2. The lowest BCUT2D eigenvalue weighted by molar-refractivity contribution is 0.556. The molecule has 2 N–H and O–H groups in total. The number of aliphatic imine (C=N–C) groups is 1. The molecule has 0 bridgehead atoms. The molecule has 1 spiro atoms. The summed E-state index contributed by atoms with van der Waals surface area (Å²) in [4.78, 5) is 5.12. The van der Waals surface area contributed by atoms with E-state index in [1.54, 1.807) is 0 Å². The van der Waals surface area contributed by atoms with Gasteiger partial charge in [0.25, 0.3) is 0 Å². The lowest BCUT2D eigenvalue weighted by Crippen LogP contribution is -2.54. The Morgan fingerprint density at radius 2 is 1.62 bits per heavy atom. The second-order valence-corrected chi connectivity index (χ2v) is 7.78. The molecule has 0 aromatic heterocycles. The van der Waals surface area contributed by atoms with Crippen LogP contribution < -0.4 is 10.6 Å². The topological polar surface area (TPSA) is 36.4 Å². The quantitative estimate of drug-likeness (QED) is 0.814. The lowest BCUT2D eigenvalue weighted by atomic mass is 9.87. The van der Waals surface area contributed by atoms with E-state index in [1.165, 1.54) is 22.8 Å². The highest BCUT2D eigenvalue weighted by molar-refractivity contribution is 7.99. The van der Waals surface area contributed by atoms with Gasteiger partial charge in [0.15, 0.2) is 0 Å². The predicted octanol–water partition coefficient (Wildman–Crippen LogP) is 4.95. The smallest absolute Gasteiger partial charge is 0.127 e. The van der Waals surface area contributed by atoms with Gasteiger partial charge in [-0.15, -0.1) is 0 Å². The Hall–Kier alpha value is -1.94. The highest BCUT2D eigenvalue weighted by atomic mass is 32.2. The van der Waals surface area contributed by atoms with E-state index in [4.69, 9.17) is 4.99 Å². The van der Waals surface area contributed by atoms with Crippen LogP contribution in [-0.4, -0.2) is 22.9 Å². The molecule has 1 atom stereocenters. The molecule has 4 heteroatoms. The second-order valence-electron chi connectivity index (χ2n) is 6.55. The number of rotatable bonds is 2. The van der Waals surface area contributed by atoms with Crippen molar-refractivity contribution < 1.29 is 0 Å². The van der Waals surface area contributed by atoms with Gasteiger partial charge in [-0.2, -0.15) is 11.8 Å². The van der Waals surface area contributed by atoms with Crippen LogP contribution in [-0.2, 0) is 0 Å². The Kier molecular flexibility index (Phi) is 4.23. The molecule has 0 radical (unpaired) electrons. The molecule has 1 unspecified atom stereocenters. The number of fused-ring (bicyclic) bond motifs is 1. The summed E-state index contributed by atoms with van der Waals surface area (Å²) < 4.78 is 0. The lowest BCUT2D eigenvalue weighted by Gasteiger charge is -2.44. The zero-order chi connectivity index (χ0) is 16.4. The molecule has 2 aliphatic heterocycles. The first-order valence-electron chi connectivity index (χ1n) is 8.62. The third-order valence-corrected chi connectivity index (χ3v) is 5.94. The summed E-state index contributed by atoms with van der Waals surface area (Å²) in [5.74, 6) is 3.45. The molecule has 2 heterocycles. The van der Waals surface area contributed by atoms with Gasteiger partial charge < -0.3 is 10.6 Å². The number of nitrogens with one attached hydrogen (secondary N) is 2. The Morgan fingerprint density at radius 3 is 2.38 bits per heavy atom. The molecule has 2 aromatic carbocycles. The summed E-state index contributed by atoms with van der Waals surface area (Å²) in [7, 11) is 0. The van der Waals surface area contributed by atoms with Gasteiger partial charge in [0.2, 0.25) is 0 Å². The van der Waals surface area contributed by atoms with E-state index < -0.39 is 0 Å². The molecule has 0 aliphatic carbocycles. The third-order valence-electron chi connectivity index (χ3n) is 4.96. The number of benzene rings is 2. The predicted molar refractivity (Wildman–Crippen MR) is 105 cm³/mol. The SMILES string of the molecule is CC(N=C1Nc2ccccc2NC12CCSCC2)c1ccccc1. The number of thioether (sulfide) groups is 1. The van der Waals surface area contributed by atoms with E-state index in [0.717, 1.165) is 24.4 Å². The van der Waals surface area contributed by atoms with Crippen LogP contribution in [0.1, 0.15) is 31.4 Å². The van der Waals surface area contributed by atoms with Gasteiger partial charge in [-0.05, 0) is 49.0 Å². The largest absolute Gasteiger partial charge is 0.371 e. The van der Waals surface area contributed by atoms with Crippen LogP contribution in [0, 0.1) is 0 Å². The number of amidine groups is 1. The fraction of sp³-hybridized carbons (Fsp3) is 0.350. The van der Waals surface area contributed by atoms with Crippen molar-refractivity contribution in [2.24, 2.45) is 4.99 Å². The van der Waals surface area contributed by atoms with Crippen molar-refractivity contribution in [1.82, 2.24) is 0 Å². The van der Waals surface area contributed by atoms with Crippen LogP contribution >= 0.6 is 11.8 Å². The van der Waals surface area contributed by atoms with Crippen LogP contribution in [0.2, 0.25) is 0 Å². The highest BCUT2D eigenvalue weighted by Crippen LogP contribution is 2.39. The first-order valence-corrected chi connectivity index (χ1v) is 9.78. The van der Waals surface area contributed by atoms with Gasteiger partial charge in [0, 0.05) is 0 Å². The zero-order valence-electron chi connectivity index (χ0n) is 14.0. The van der Waals surface area contributed by atoms with Crippen LogP contribution in [0.5, 0.6) is 0 Å². The zero-order valence-corrected chi connectivity index (χ0v) is 14.8. The molecule has 2 aliphatic rings. The molecule has 4 rings (SSSR count). The summed E-state index contributed by atoms with van der Waals surface area (Å²) in [6.45, 7) is 2.18. The van der Waals surface area contributed by atoms with Crippen molar-refractivity contribution >= 4 is 29.0 Å². The average molecular weight is 337 g/mol. The summed E-state index contributed by atoms with van der Waals surface area (Å²) in [5, 5.41) is 7.45. The molecule has 2 aromatic rings. The summed E-state index contributed by atoms with van der Waals surface area (Å²) >= 11 is 2.04. The Balaban J connectivity index is 1.72. The van der Waals surface area contributed by atoms with Crippen molar-refractivity contribution in [2.45, 2.75) is 31.3 Å². The van der Waals surface area contributed by atoms with Crippen LogP contribution in [0.25, 0.3) is 0 Å². The fourth-order valence-corrected chi connectivity index (χ4v) is 4.69. The number of para-hydroxylation sites is 2. The van der Waals surface area contributed by atoms with Gasteiger partial charge in [0.05, 0.1) is 23.0 Å². The van der Waals surface area contributed by atoms with E-state index in [9.17, 15) is 0 Å². The number of nitrogens with zero attached hydrogens (tertiary/aromatic N) is 1. The molecule has 1 saturated heterocycles. The monoisotopic (exact) mass is 337 g/mol. The molecular formula is C20H23N3S. The standard InChI is InChI=1S/C20H23N3S/c1-15(16-7-3-2-4-8-16)21-19-20(11-13-24-14-12-20)23-18-10-6-5-9-17(18)22-19/h2-10,15,23H,11-14H2,1H3,(H,21,22). The first kappa shape index (κ1) is 15.6. The maximum atomic E-state index is 5.12. The normalized spacial score (nSPS) is 21.6. The van der Waals surface area contributed by atoms with E-state index >= 15 is 0 Å². The van der Waals surface area contributed by atoms with Gasteiger partial charge in [0.1, 0.15) is 5.84 Å². The minimum atomic E-state index is -0.0529. The Labute approximate surface area is 148 Å². The van der Waals surface area contributed by atoms with Crippen molar-refractivity contribution in [3.63, 3.8) is 0 Å². The van der Waals surface area contributed by atoms with Crippen molar-refractivity contribution in [1.29, 1.82) is 0 Å². The van der Waals surface area contributed by atoms with Gasteiger partial charge in [-0.1, -0.05) is 42.5 Å². The average Bonchev–Trinajstić information content (AvgIpc) is 2.64. The third kappa shape index (κ3) is 2.91. The molecule has 3 nitrogen and oxygen atoms in total. The molecule has 1 fully saturated rings. The van der Waals surface area contributed by atoms with E-state index in [0.29, 0.717) is 0 Å². The fourth-order valence-electron chi connectivity index (χ4n) is 3.50. The van der Waals surface area contributed by atoms with Gasteiger partial charge in [-0.3, -0.25) is 4.99 Å². The molecule has 24 heavy (non-hydrogen) atoms. The molecule has 124 valence electrons. The van der Waals surface area contributed by atoms with E-state index in [1.807, 2.05) is 11.8 Å². The minimum Gasteiger partial charge on any atom is -0.371 e. The summed E-state index contributed by atoms with van der Waals surface area (Å²) in [6, 6.07) is 19.1. The molecular weight excluding hydrogens is 314 g/mol. The van der Waals surface area contributed by atoms with E-state index in [-0.39, 0.29) is 11.6 Å². The van der Waals surface area contributed by atoms with E-state index in [2.05, 4.69) is 72.2 Å². The highest BCUT2D eigenvalue weighted by Gasteiger charge is 2.41. The van der Waals surface area contributed by atoms with Crippen molar-refractivity contribution in [3.8, 4) is 0 Å². The van der Waals surface area contributed by atoms with Gasteiger partial charge >= 0.3 is 0 Å². The number of hydrogen-bond donors (Lipinski definition) is 2. The van der Waals surface area contributed by atoms with Crippen LogP contribution in [0.15, 0.2) is 59.6 Å². The minimum absolute atomic E-state index is 0.0529. The Morgan fingerprint density at radius 1 is 0.958 bits per heavy atom. The van der Waals surface area contributed by atoms with Gasteiger partial charge in [-0.25, -0.2) is 0 Å². The summed E-state index contributed by atoms with van der Waals surface area (Å²) in [5.41, 5.74) is 3.52. The van der Waals surface area contributed by atoms with Crippen molar-refractivity contribution in [2.75, 3.05) is 22.1 Å². The first-order chi connectivity index (χ1) is 11.8. The maximum absolute atomic E-state index is 5.12. The molecule has 0 saturated carbocycles. The second kappa shape index (κ2) is 6.52. The van der Waals surface area contributed by atoms with Crippen LogP contribution in [0.3, 0.4) is 0 Å². The maximum Gasteiger partial charge on any atom is 0.127 e.